The summed E-state index contributed by atoms with van der Waals surface area (Å²) in [7, 11) is 0. The molecule has 9 heteroatoms. The monoisotopic (exact) mass is 456 g/mol. The van der Waals surface area contributed by atoms with E-state index in [0.717, 1.165) is 18.9 Å². The van der Waals surface area contributed by atoms with Gasteiger partial charge in [-0.25, -0.2) is 8.78 Å². The molecule has 0 atom stereocenters. The summed E-state index contributed by atoms with van der Waals surface area (Å²) >= 11 is 0. The molecule has 2 rings (SSSR count). The zero-order chi connectivity index (χ0) is 23.4. The van der Waals surface area contributed by atoms with Crippen LogP contribution in [0, 0.1) is 11.6 Å². The van der Waals surface area contributed by atoms with Crippen LogP contribution in [0.15, 0.2) is 35.6 Å². The van der Waals surface area contributed by atoms with Crippen LogP contribution in [0.1, 0.15) is 57.1 Å². The summed E-state index contributed by atoms with van der Waals surface area (Å²) in [4.78, 5) is 0. The van der Waals surface area contributed by atoms with Crippen LogP contribution in [0.5, 0.6) is 0 Å². The number of allylic oxidation sites excluding steroid dienone is 4. The van der Waals surface area contributed by atoms with Gasteiger partial charge in [-0.3, -0.25) is 0 Å². The van der Waals surface area contributed by atoms with Gasteiger partial charge in [0, 0.05) is 5.57 Å². The van der Waals surface area contributed by atoms with Gasteiger partial charge in [0.15, 0.2) is 17.4 Å². The van der Waals surface area contributed by atoms with Gasteiger partial charge in [-0.15, -0.1) is 0 Å². The summed E-state index contributed by atoms with van der Waals surface area (Å²) in [6, 6.07) is 2.44. The molecule has 0 amide bonds. The third-order valence-electron chi connectivity index (χ3n) is 5.16. The number of rotatable bonds is 10. The average molecular weight is 456 g/mol. The van der Waals surface area contributed by atoms with E-state index in [-0.39, 0.29) is 11.1 Å². The van der Waals surface area contributed by atoms with Crippen LogP contribution in [-0.2, 0) is 17.6 Å². The molecule has 174 valence electrons. The second-order valence-electron chi connectivity index (χ2n) is 7.43. The van der Waals surface area contributed by atoms with Crippen LogP contribution in [-0.4, -0.2) is 18.0 Å². The second-order valence-corrected chi connectivity index (χ2v) is 7.43. The lowest BCUT2D eigenvalue weighted by Crippen LogP contribution is -2.47. The van der Waals surface area contributed by atoms with Crippen molar-refractivity contribution in [3.8, 4) is 0 Å². The molecule has 0 unspecified atom stereocenters. The summed E-state index contributed by atoms with van der Waals surface area (Å²) < 4.78 is 116. The largest absolute Gasteiger partial charge is 0.430 e. The molecule has 0 saturated carbocycles. The standard InChI is InChI=1S/C22H24F8O/c1-3-5-6-7-14-8-9-15(19(24)18(14)23)12-13-20(25,26)31-17-11-10-16(4-2)21(27,28)22(17,29)30/h8-11H,3-7,12-13H2,1-2H3. The maximum atomic E-state index is 14.2. The minimum atomic E-state index is -4.96. The lowest BCUT2D eigenvalue weighted by atomic mass is 9.93. The SMILES string of the molecule is CCCCCc1ccc(CCC(F)(F)OC2=CC=C(CC)C(F)(F)C2(F)F)c(F)c1F. The van der Waals surface area contributed by atoms with E-state index in [2.05, 4.69) is 4.74 Å². The van der Waals surface area contributed by atoms with Gasteiger partial charge in [0.05, 0.1) is 6.42 Å². The number of alkyl halides is 6. The topological polar surface area (TPSA) is 9.23 Å². The zero-order valence-electron chi connectivity index (χ0n) is 17.2. The predicted molar refractivity (Wildman–Crippen MR) is 100 cm³/mol. The van der Waals surface area contributed by atoms with Crippen molar-refractivity contribution >= 4 is 0 Å². The Morgan fingerprint density at radius 3 is 1.97 bits per heavy atom. The van der Waals surface area contributed by atoms with Crippen molar-refractivity contribution in [1.29, 1.82) is 0 Å². The molecule has 1 nitrogen and oxygen atoms in total. The number of benzene rings is 1. The zero-order valence-corrected chi connectivity index (χ0v) is 17.2. The van der Waals surface area contributed by atoms with Gasteiger partial charge in [-0.1, -0.05) is 44.9 Å². The normalized spacial score (nSPS) is 17.9. The first kappa shape index (κ1) is 25.2. The highest BCUT2D eigenvalue weighted by Crippen LogP contribution is 2.49. The molecule has 1 aromatic carbocycles. The Balaban J connectivity index is 2.11. The molecule has 1 aromatic rings. The Kier molecular flexibility index (Phi) is 7.81. The minimum Gasteiger partial charge on any atom is -0.430 e. The molecular weight excluding hydrogens is 432 g/mol. The molecule has 1 aliphatic carbocycles. The van der Waals surface area contributed by atoms with E-state index in [1.165, 1.54) is 13.0 Å². The quantitative estimate of drug-likeness (QED) is 0.258. The Bertz CT molecular complexity index is 842. The van der Waals surface area contributed by atoms with Crippen LogP contribution in [0.2, 0.25) is 0 Å². The van der Waals surface area contributed by atoms with Crippen molar-refractivity contribution in [3.05, 3.63) is 58.4 Å². The summed E-state index contributed by atoms with van der Waals surface area (Å²) in [5.41, 5.74) is -1.18. The maximum absolute atomic E-state index is 14.2. The van der Waals surface area contributed by atoms with E-state index < -0.39 is 60.2 Å². The highest BCUT2D eigenvalue weighted by atomic mass is 19.3. The van der Waals surface area contributed by atoms with Crippen LogP contribution in [0.25, 0.3) is 0 Å². The van der Waals surface area contributed by atoms with Gasteiger partial charge in [0.2, 0.25) is 0 Å². The Morgan fingerprint density at radius 2 is 1.42 bits per heavy atom. The molecule has 0 aliphatic heterocycles. The van der Waals surface area contributed by atoms with E-state index in [9.17, 15) is 35.1 Å². The van der Waals surface area contributed by atoms with Crippen molar-refractivity contribution in [2.75, 3.05) is 0 Å². The van der Waals surface area contributed by atoms with Crippen molar-refractivity contribution < 1.29 is 39.9 Å². The van der Waals surface area contributed by atoms with Crippen LogP contribution >= 0.6 is 0 Å². The first-order chi connectivity index (χ1) is 14.4. The van der Waals surface area contributed by atoms with E-state index >= 15 is 0 Å². The first-order valence-corrected chi connectivity index (χ1v) is 10.1. The number of aryl methyl sites for hydroxylation is 2. The van der Waals surface area contributed by atoms with Gasteiger partial charge >= 0.3 is 18.0 Å². The summed E-state index contributed by atoms with van der Waals surface area (Å²) in [5, 5.41) is 0. The van der Waals surface area contributed by atoms with E-state index in [0.29, 0.717) is 25.0 Å². The fraction of sp³-hybridized carbons (Fsp3) is 0.545. The summed E-state index contributed by atoms with van der Waals surface area (Å²) in [5.74, 6) is -14.0. The number of halogens is 8. The van der Waals surface area contributed by atoms with E-state index in [4.69, 9.17) is 0 Å². The number of hydrogen-bond acceptors (Lipinski definition) is 1. The minimum absolute atomic E-state index is 0.116. The maximum Gasteiger partial charge on any atom is 0.398 e. The smallest absolute Gasteiger partial charge is 0.398 e. The highest BCUT2D eigenvalue weighted by Gasteiger charge is 2.64. The molecule has 1 aliphatic rings. The second kappa shape index (κ2) is 9.61. The van der Waals surface area contributed by atoms with Crippen LogP contribution < -0.4 is 0 Å². The number of ether oxygens (including phenoxy) is 1. The van der Waals surface area contributed by atoms with Crippen molar-refractivity contribution in [2.45, 2.75) is 76.7 Å². The highest BCUT2D eigenvalue weighted by molar-refractivity contribution is 5.35. The van der Waals surface area contributed by atoms with E-state index in [1.54, 1.807) is 0 Å². The third-order valence-corrected chi connectivity index (χ3v) is 5.16. The molecule has 0 spiro atoms. The number of unbranched alkanes of at least 4 members (excludes halogenated alkanes) is 2. The Labute approximate surface area is 175 Å². The predicted octanol–water partition coefficient (Wildman–Crippen LogP) is 7.74. The van der Waals surface area contributed by atoms with Gasteiger partial charge < -0.3 is 4.74 Å². The molecular formula is C22H24F8O. The summed E-state index contributed by atoms with van der Waals surface area (Å²) in [6.45, 7) is 3.18. The Morgan fingerprint density at radius 1 is 0.839 bits per heavy atom. The van der Waals surface area contributed by atoms with Gasteiger partial charge in [0.1, 0.15) is 0 Å². The average Bonchev–Trinajstić information content (AvgIpc) is 2.69. The molecule has 0 saturated heterocycles. The van der Waals surface area contributed by atoms with Crippen LogP contribution in [0.4, 0.5) is 35.1 Å². The van der Waals surface area contributed by atoms with Crippen LogP contribution in [0.3, 0.4) is 0 Å². The molecule has 0 radical (unpaired) electrons. The molecule has 0 heterocycles. The molecule has 31 heavy (non-hydrogen) atoms. The number of hydrogen-bond donors (Lipinski definition) is 0. The fourth-order valence-corrected chi connectivity index (χ4v) is 3.25. The molecule has 0 aromatic heterocycles. The molecule has 0 fully saturated rings. The van der Waals surface area contributed by atoms with Gasteiger partial charge in [0.25, 0.3) is 0 Å². The third kappa shape index (κ3) is 5.41. The van der Waals surface area contributed by atoms with E-state index in [1.807, 2.05) is 6.92 Å². The first-order valence-electron chi connectivity index (χ1n) is 10.1. The van der Waals surface area contributed by atoms with Gasteiger partial charge in [-0.2, -0.15) is 26.3 Å². The van der Waals surface area contributed by atoms with Gasteiger partial charge in [-0.05, 0) is 42.9 Å². The van der Waals surface area contributed by atoms with Crippen molar-refractivity contribution in [2.24, 2.45) is 0 Å². The molecule has 0 bridgehead atoms. The molecule has 0 N–H and O–H groups in total. The van der Waals surface area contributed by atoms with Crippen molar-refractivity contribution in [1.82, 2.24) is 0 Å². The van der Waals surface area contributed by atoms with Crippen molar-refractivity contribution in [3.63, 3.8) is 0 Å². The fourth-order valence-electron chi connectivity index (χ4n) is 3.25. The summed E-state index contributed by atoms with van der Waals surface area (Å²) in [6.07, 6.45) is -3.10. The Hall–Kier alpha value is -2.06. The lowest BCUT2D eigenvalue weighted by Gasteiger charge is -2.33. The lowest BCUT2D eigenvalue weighted by molar-refractivity contribution is -0.262.